The van der Waals surface area contributed by atoms with Crippen LogP contribution < -0.4 is 5.73 Å². The van der Waals surface area contributed by atoms with Crippen LogP contribution in [0.25, 0.3) is 0 Å². The van der Waals surface area contributed by atoms with Gasteiger partial charge in [-0.1, -0.05) is 0 Å². The lowest BCUT2D eigenvalue weighted by Gasteiger charge is -2.24. The Labute approximate surface area is 96.9 Å². The van der Waals surface area contributed by atoms with Gasteiger partial charge in [0.05, 0.1) is 18.7 Å². The lowest BCUT2D eigenvalue weighted by Crippen LogP contribution is -2.36. The first-order valence-corrected chi connectivity index (χ1v) is 5.68. The van der Waals surface area contributed by atoms with Crippen molar-refractivity contribution in [3.05, 3.63) is 0 Å². The summed E-state index contributed by atoms with van der Waals surface area (Å²) in [7, 11) is 0. The Balaban J connectivity index is 2.48. The molecule has 94 valence electrons. The largest absolute Gasteiger partial charge is 0.444 e. The van der Waals surface area contributed by atoms with Gasteiger partial charge in [-0.25, -0.2) is 4.79 Å². The normalized spacial score (nSPS) is 25.9. The van der Waals surface area contributed by atoms with Crippen molar-refractivity contribution in [3.63, 3.8) is 0 Å². The molecule has 2 atom stereocenters. The highest BCUT2D eigenvalue weighted by atomic mass is 16.6. The molecule has 0 bridgehead atoms. The van der Waals surface area contributed by atoms with Gasteiger partial charge < -0.3 is 20.1 Å². The zero-order valence-corrected chi connectivity index (χ0v) is 10.5. The van der Waals surface area contributed by atoms with Crippen LogP contribution in [0.1, 0.15) is 27.7 Å². The van der Waals surface area contributed by atoms with Crippen LogP contribution in [-0.2, 0) is 9.47 Å². The van der Waals surface area contributed by atoms with E-state index in [9.17, 15) is 4.79 Å². The highest BCUT2D eigenvalue weighted by Gasteiger charge is 2.35. The second-order valence-electron chi connectivity index (χ2n) is 5.04. The molecule has 0 radical (unpaired) electrons. The Morgan fingerprint density at radius 1 is 1.44 bits per heavy atom. The summed E-state index contributed by atoms with van der Waals surface area (Å²) in [4.78, 5) is 13.4. The van der Waals surface area contributed by atoms with E-state index < -0.39 is 5.60 Å². The molecule has 1 aliphatic heterocycles. The van der Waals surface area contributed by atoms with Crippen LogP contribution in [0.4, 0.5) is 4.79 Å². The third-order valence-corrected chi connectivity index (χ3v) is 2.34. The van der Waals surface area contributed by atoms with Gasteiger partial charge in [-0.3, -0.25) is 0 Å². The summed E-state index contributed by atoms with van der Waals surface area (Å²) in [6.45, 7) is 9.09. The molecule has 0 aromatic rings. The van der Waals surface area contributed by atoms with Crippen molar-refractivity contribution in [1.82, 2.24) is 4.90 Å². The number of hydrogen-bond acceptors (Lipinski definition) is 4. The number of likely N-dealkylation sites (tertiary alicyclic amines) is 1. The number of carbonyl (C=O) groups excluding carboxylic acids is 1. The van der Waals surface area contributed by atoms with E-state index in [0.717, 1.165) is 0 Å². The molecule has 1 unspecified atom stereocenters. The summed E-state index contributed by atoms with van der Waals surface area (Å²) in [6, 6.07) is -0.118. The van der Waals surface area contributed by atoms with Crippen LogP contribution in [0.15, 0.2) is 0 Å². The van der Waals surface area contributed by atoms with Crippen molar-refractivity contribution >= 4 is 6.09 Å². The van der Waals surface area contributed by atoms with Crippen LogP contribution in [0.5, 0.6) is 0 Å². The van der Waals surface area contributed by atoms with Crippen molar-refractivity contribution in [3.8, 4) is 0 Å². The van der Waals surface area contributed by atoms with Gasteiger partial charge in [0.1, 0.15) is 5.60 Å². The van der Waals surface area contributed by atoms with Crippen LogP contribution >= 0.6 is 0 Å². The van der Waals surface area contributed by atoms with Crippen molar-refractivity contribution in [1.29, 1.82) is 0 Å². The molecule has 16 heavy (non-hydrogen) atoms. The van der Waals surface area contributed by atoms with Crippen molar-refractivity contribution in [2.45, 2.75) is 45.4 Å². The van der Waals surface area contributed by atoms with Gasteiger partial charge in [0, 0.05) is 13.2 Å². The van der Waals surface area contributed by atoms with Gasteiger partial charge >= 0.3 is 6.09 Å². The van der Waals surface area contributed by atoms with Crippen molar-refractivity contribution < 1.29 is 14.3 Å². The molecular formula is C11H22N2O3. The maximum absolute atomic E-state index is 11.7. The van der Waals surface area contributed by atoms with E-state index in [0.29, 0.717) is 19.7 Å². The molecule has 0 spiro atoms. The maximum atomic E-state index is 11.7. The summed E-state index contributed by atoms with van der Waals surface area (Å²) < 4.78 is 10.7. The topological polar surface area (TPSA) is 64.8 Å². The Morgan fingerprint density at radius 2 is 2.06 bits per heavy atom. The molecule has 5 nitrogen and oxygen atoms in total. The fourth-order valence-electron chi connectivity index (χ4n) is 1.67. The van der Waals surface area contributed by atoms with Gasteiger partial charge in [0.15, 0.2) is 0 Å². The number of nitrogens with zero attached hydrogens (tertiary/aromatic N) is 1. The number of hydrogen-bond donors (Lipinski definition) is 1. The first-order valence-electron chi connectivity index (χ1n) is 5.68. The second-order valence-corrected chi connectivity index (χ2v) is 5.04. The number of rotatable bonds is 2. The van der Waals surface area contributed by atoms with E-state index in [1.807, 2.05) is 27.7 Å². The monoisotopic (exact) mass is 230 g/mol. The first kappa shape index (κ1) is 13.3. The van der Waals surface area contributed by atoms with Gasteiger partial charge in [-0.2, -0.15) is 0 Å². The zero-order valence-electron chi connectivity index (χ0n) is 10.5. The molecule has 1 fully saturated rings. The highest BCUT2D eigenvalue weighted by molar-refractivity contribution is 5.68. The van der Waals surface area contributed by atoms with E-state index in [-0.39, 0.29) is 18.2 Å². The number of amides is 1. The van der Waals surface area contributed by atoms with Gasteiger partial charge in [0.25, 0.3) is 0 Å². The van der Waals surface area contributed by atoms with E-state index in [4.69, 9.17) is 15.2 Å². The predicted molar refractivity (Wildman–Crippen MR) is 61.2 cm³/mol. The standard InChI is InChI=1S/C11H22N2O3/c1-5-15-9-7-13(6-8(9)12)10(14)16-11(2,3)4/h8-9H,5-7,12H2,1-4H3/t8-,9?/m0/s1. The average molecular weight is 230 g/mol. The molecule has 1 saturated heterocycles. The summed E-state index contributed by atoms with van der Waals surface area (Å²) >= 11 is 0. The lowest BCUT2D eigenvalue weighted by atomic mass is 10.2. The van der Waals surface area contributed by atoms with E-state index in [2.05, 4.69) is 0 Å². The zero-order chi connectivity index (χ0) is 12.3. The molecule has 0 aromatic carbocycles. The second kappa shape index (κ2) is 5.01. The molecule has 5 heteroatoms. The minimum atomic E-state index is -0.467. The molecule has 2 N–H and O–H groups in total. The van der Waals surface area contributed by atoms with E-state index in [1.54, 1.807) is 4.90 Å². The van der Waals surface area contributed by atoms with Gasteiger partial charge in [0.2, 0.25) is 0 Å². The molecule has 1 heterocycles. The van der Waals surface area contributed by atoms with E-state index >= 15 is 0 Å². The molecule has 0 aromatic heterocycles. The smallest absolute Gasteiger partial charge is 0.410 e. The SMILES string of the molecule is CCOC1CN(C(=O)OC(C)(C)C)C[C@@H]1N. The fraction of sp³-hybridized carbons (Fsp3) is 0.909. The van der Waals surface area contributed by atoms with Crippen molar-refractivity contribution in [2.24, 2.45) is 5.73 Å². The maximum Gasteiger partial charge on any atom is 0.410 e. The van der Waals surface area contributed by atoms with Crippen LogP contribution in [0.2, 0.25) is 0 Å². The number of nitrogens with two attached hydrogens (primary N) is 1. The molecular weight excluding hydrogens is 208 g/mol. The number of carbonyl (C=O) groups is 1. The molecule has 0 saturated carbocycles. The minimum absolute atomic E-state index is 0.0717. The Bertz CT molecular complexity index is 250. The van der Waals surface area contributed by atoms with Crippen LogP contribution in [0, 0.1) is 0 Å². The third-order valence-electron chi connectivity index (χ3n) is 2.34. The Morgan fingerprint density at radius 3 is 2.56 bits per heavy atom. The van der Waals surface area contributed by atoms with E-state index in [1.165, 1.54) is 0 Å². The summed E-state index contributed by atoms with van der Waals surface area (Å²) in [5, 5.41) is 0. The molecule has 1 amide bonds. The number of ether oxygens (including phenoxy) is 2. The van der Waals surface area contributed by atoms with Crippen LogP contribution in [-0.4, -0.2) is 48.4 Å². The molecule has 1 rings (SSSR count). The van der Waals surface area contributed by atoms with Crippen molar-refractivity contribution in [2.75, 3.05) is 19.7 Å². The van der Waals surface area contributed by atoms with Gasteiger partial charge in [-0.05, 0) is 27.7 Å². The molecule has 1 aliphatic rings. The van der Waals surface area contributed by atoms with Gasteiger partial charge in [-0.15, -0.1) is 0 Å². The average Bonchev–Trinajstić information content (AvgIpc) is 2.46. The third kappa shape index (κ3) is 3.64. The molecule has 0 aliphatic carbocycles. The minimum Gasteiger partial charge on any atom is -0.444 e. The first-order chi connectivity index (χ1) is 7.33. The quantitative estimate of drug-likeness (QED) is 0.767. The lowest BCUT2D eigenvalue weighted by molar-refractivity contribution is 0.0220. The summed E-state index contributed by atoms with van der Waals surface area (Å²) in [5.41, 5.74) is 5.42. The van der Waals surface area contributed by atoms with Crippen LogP contribution in [0.3, 0.4) is 0 Å². The Kier molecular flexibility index (Phi) is 4.15. The summed E-state index contributed by atoms with van der Waals surface area (Å²) in [6.07, 6.45) is -0.386. The highest BCUT2D eigenvalue weighted by Crippen LogP contribution is 2.16. The summed E-state index contributed by atoms with van der Waals surface area (Å²) in [5.74, 6) is 0. The fourth-order valence-corrected chi connectivity index (χ4v) is 1.67. The Hall–Kier alpha value is -0.810. The predicted octanol–water partition coefficient (Wildman–Crippen LogP) is 0.970.